The number of aromatic nitrogens is 1. The minimum Gasteiger partial charge on any atom is -0.489 e. The molecule has 402 valence electrons. The number of anilines is 1. The third-order valence-corrected chi connectivity index (χ3v) is 16.1. The maximum absolute atomic E-state index is 14.6. The Kier molecular flexibility index (Phi) is 18.4. The van der Waals surface area contributed by atoms with Crippen molar-refractivity contribution in [1.29, 1.82) is 5.26 Å². The van der Waals surface area contributed by atoms with Crippen molar-refractivity contribution >= 4 is 58.2 Å². The lowest BCUT2D eigenvalue weighted by Crippen LogP contribution is -2.74. The molecule has 1 saturated carbocycles. The van der Waals surface area contributed by atoms with Gasteiger partial charge in [-0.05, 0) is 105 Å². The molecule has 3 heterocycles. The fourth-order valence-corrected chi connectivity index (χ4v) is 11.9. The van der Waals surface area contributed by atoms with Gasteiger partial charge in [0.15, 0.2) is 0 Å². The number of thiazole rings is 1. The van der Waals surface area contributed by atoms with E-state index in [0.29, 0.717) is 47.9 Å². The van der Waals surface area contributed by atoms with Gasteiger partial charge in [0.1, 0.15) is 48.8 Å². The number of halogens is 1. The number of hydrogen-bond acceptors (Lipinski definition) is 13. The van der Waals surface area contributed by atoms with Gasteiger partial charge in [0, 0.05) is 53.8 Å². The van der Waals surface area contributed by atoms with Gasteiger partial charge in [0.2, 0.25) is 17.7 Å². The lowest BCUT2D eigenvalue weighted by Gasteiger charge is -2.63. The molecule has 0 spiro atoms. The van der Waals surface area contributed by atoms with Crippen molar-refractivity contribution in [2.24, 2.45) is 16.2 Å². The predicted octanol–water partition coefficient (Wildman–Crippen LogP) is 8.53. The van der Waals surface area contributed by atoms with E-state index in [2.05, 4.69) is 65.3 Å². The number of likely N-dealkylation sites (tertiary alicyclic amines) is 1. The monoisotopic (exact) mass is 1060 g/mol. The lowest BCUT2D eigenvalue weighted by atomic mass is 9.49. The number of carbonyl (C=O) groups excluding carboxylic acids is 5. The summed E-state index contributed by atoms with van der Waals surface area (Å²) in [5, 5.41) is 25.4. The Morgan fingerprint density at radius 2 is 1.69 bits per heavy atom. The van der Waals surface area contributed by atoms with Crippen LogP contribution in [0.2, 0.25) is 5.02 Å². The van der Waals surface area contributed by atoms with Crippen LogP contribution in [0.4, 0.5) is 5.69 Å². The van der Waals surface area contributed by atoms with Crippen molar-refractivity contribution in [2.75, 3.05) is 38.2 Å². The highest BCUT2D eigenvalue weighted by atomic mass is 35.5. The van der Waals surface area contributed by atoms with Crippen molar-refractivity contribution in [1.82, 2.24) is 31.2 Å². The van der Waals surface area contributed by atoms with E-state index in [0.717, 1.165) is 53.2 Å². The van der Waals surface area contributed by atoms with Gasteiger partial charge in [-0.3, -0.25) is 24.0 Å². The molecule has 5 atom stereocenters. The summed E-state index contributed by atoms with van der Waals surface area (Å²) in [4.78, 5) is 75.5. The molecule has 1 aromatic heterocycles. The first-order valence-electron chi connectivity index (χ1n) is 26.0. The average molecular weight is 1070 g/mol. The summed E-state index contributed by atoms with van der Waals surface area (Å²) in [6, 6.07) is 19.5. The van der Waals surface area contributed by atoms with Gasteiger partial charge in [-0.2, -0.15) is 5.26 Å². The average Bonchev–Trinajstić information content (AvgIpc) is 4.17. The zero-order valence-electron chi connectivity index (χ0n) is 44.6. The van der Waals surface area contributed by atoms with Gasteiger partial charge < -0.3 is 45.7 Å². The van der Waals surface area contributed by atoms with Crippen LogP contribution in [0, 0.1) is 34.5 Å². The van der Waals surface area contributed by atoms with Crippen LogP contribution in [0.15, 0.2) is 72.2 Å². The molecule has 3 aliphatic rings. The first-order chi connectivity index (χ1) is 35.6. The molecule has 1 unspecified atom stereocenters. The van der Waals surface area contributed by atoms with Crippen molar-refractivity contribution in [2.45, 2.75) is 143 Å². The Bertz CT molecular complexity index is 2690. The number of nitrogens with zero attached hydrogens (tertiary/aromatic N) is 3. The number of nitrogens with one attached hydrogen (secondary N) is 5. The zero-order valence-corrected chi connectivity index (χ0v) is 46.2. The Morgan fingerprint density at radius 3 is 2.32 bits per heavy atom. The number of rotatable bonds is 21. The summed E-state index contributed by atoms with van der Waals surface area (Å²) in [7, 11) is 0. The highest BCUT2D eigenvalue weighted by Crippen LogP contribution is 2.55. The van der Waals surface area contributed by atoms with Crippen LogP contribution >= 0.6 is 22.9 Å². The van der Waals surface area contributed by atoms with Gasteiger partial charge in [0.25, 0.3) is 5.91 Å². The molecule has 3 aromatic carbocycles. The number of benzene rings is 3. The van der Waals surface area contributed by atoms with Crippen LogP contribution in [0.25, 0.3) is 10.4 Å². The van der Waals surface area contributed by atoms with Gasteiger partial charge in [-0.25, -0.2) is 4.98 Å². The summed E-state index contributed by atoms with van der Waals surface area (Å²) >= 11 is 7.82. The number of unbranched alkanes of at least 4 members (excludes halogenated alkanes) is 2. The van der Waals surface area contributed by atoms with Crippen molar-refractivity contribution in [3.05, 3.63) is 99.6 Å². The third kappa shape index (κ3) is 13.7. The predicted molar refractivity (Wildman–Crippen MR) is 290 cm³/mol. The molecule has 4 aromatic rings. The molecule has 2 aliphatic heterocycles. The van der Waals surface area contributed by atoms with Gasteiger partial charge in [0.05, 0.1) is 39.3 Å². The number of hydrogen-bond donors (Lipinski definition) is 5. The molecule has 18 heteroatoms. The molecule has 2 saturated heterocycles. The first kappa shape index (κ1) is 56.7. The van der Waals surface area contributed by atoms with Crippen LogP contribution in [-0.2, 0) is 28.7 Å². The highest BCUT2D eigenvalue weighted by molar-refractivity contribution is 7.13. The van der Waals surface area contributed by atoms with E-state index in [-0.39, 0.29) is 60.4 Å². The van der Waals surface area contributed by atoms with Gasteiger partial charge in [-0.1, -0.05) is 84.3 Å². The quantitative estimate of drug-likeness (QED) is 0.0393. The molecule has 4 amide bonds. The van der Waals surface area contributed by atoms with Gasteiger partial charge in [-0.15, -0.1) is 11.3 Å². The Hall–Kier alpha value is -6.06. The summed E-state index contributed by atoms with van der Waals surface area (Å²) < 4.78 is 18.1. The largest absolute Gasteiger partial charge is 0.489 e. The van der Waals surface area contributed by atoms with Crippen LogP contribution in [-0.4, -0.2) is 109 Å². The van der Waals surface area contributed by atoms with Crippen LogP contribution in [0.5, 0.6) is 5.75 Å². The molecule has 3 fully saturated rings. The number of amides is 4. The fraction of sp³-hybridized carbons (Fsp3) is 0.526. The van der Waals surface area contributed by atoms with E-state index >= 15 is 0 Å². The van der Waals surface area contributed by atoms with Crippen molar-refractivity contribution < 1.29 is 38.2 Å². The normalized spacial score (nSPS) is 21.5. The third-order valence-electron chi connectivity index (χ3n) is 14.8. The fourth-order valence-electron chi connectivity index (χ4n) is 10.9. The molecule has 7 rings (SSSR count). The standard InChI is InChI=1S/C57H73ClN8O8S/c1-34(36-15-17-37(18-16-36)47-35(2)62-33-75-47)63-50(69)45-29-42(73-52(71)44-14-13-26-61-44)31-66(45)51(70)48(55(3,4)5)64-46(67)32-72-27-12-10-11-25-60-40-22-19-38(20-23-40)49(68)65-53-56(6,7)54(57(53,8)9)74-41-24-21-39(30-59)43(58)28-41/h15-24,28,33-34,42,44-45,48,53-54,60-61H,10-14,25-27,29,31-32H2,1-9H3,(H,63,69)(H,64,67)(H,65,68)/t34-,42?,44-,45-,48+,53-,54-/m0/s1. The zero-order chi connectivity index (χ0) is 54.2. The number of nitriles is 1. The molecule has 0 radical (unpaired) electrons. The van der Waals surface area contributed by atoms with E-state index in [1.54, 1.807) is 41.7 Å². The summed E-state index contributed by atoms with van der Waals surface area (Å²) in [5.74, 6) is -1.25. The van der Waals surface area contributed by atoms with Crippen LogP contribution in [0.1, 0.15) is 127 Å². The molecular weight excluding hydrogens is 992 g/mol. The number of aryl methyl sites for hydroxylation is 1. The summed E-state index contributed by atoms with van der Waals surface area (Å²) in [5.41, 5.74) is 5.01. The Morgan fingerprint density at radius 1 is 0.973 bits per heavy atom. The topological polar surface area (TPSA) is 213 Å². The number of esters is 1. The molecule has 5 N–H and O–H groups in total. The number of carbonyl (C=O) groups is 5. The lowest BCUT2D eigenvalue weighted by molar-refractivity contribution is -0.164. The molecule has 0 bridgehead atoms. The first-order valence-corrected chi connectivity index (χ1v) is 27.3. The maximum Gasteiger partial charge on any atom is 0.323 e. The second kappa shape index (κ2) is 24.3. The van der Waals surface area contributed by atoms with Crippen molar-refractivity contribution in [3.63, 3.8) is 0 Å². The molecular formula is C57H73ClN8O8S. The minimum atomic E-state index is -0.998. The minimum absolute atomic E-state index is 0.0128. The van der Waals surface area contributed by atoms with E-state index in [4.69, 9.17) is 25.8 Å². The molecule has 16 nitrogen and oxygen atoms in total. The van der Waals surface area contributed by atoms with E-state index in [1.807, 2.05) is 76.5 Å². The van der Waals surface area contributed by atoms with E-state index in [1.165, 1.54) is 4.90 Å². The van der Waals surface area contributed by atoms with E-state index < -0.39 is 47.4 Å². The smallest absolute Gasteiger partial charge is 0.323 e. The SMILES string of the molecule is Cc1ncsc1-c1ccc([C@H](C)NC(=O)[C@@H]2CC(OC(=O)[C@@H]3CCCN3)CN2C(=O)[C@@H](NC(=O)COCCCCCNc2ccc(C(=O)N[C@H]3C(C)(C)[C@H](Oc4ccc(C#N)c(Cl)c4)C3(C)C)cc2)C(C)(C)C)cc1. The van der Waals surface area contributed by atoms with Crippen LogP contribution in [0.3, 0.4) is 0 Å². The van der Waals surface area contributed by atoms with Crippen LogP contribution < -0.4 is 31.3 Å². The Balaban J connectivity index is 0.844. The van der Waals surface area contributed by atoms with E-state index in [9.17, 15) is 29.2 Å². The molecule has 75 heavy (non-hydrogen) atoms. The van der Waals surface area contributed by atoms with Gasteiger partial charge >= 0.3 is 5.97 Å². The second-order valence-electron chi connectivity index (χ2n) is 22.4. The maximum atomic E-state index is 14.6. The summed E-state index contributed by atoms with van der Waals surface area (Å²) in [6.45, 7) is 19.2. The number of ether oxygens (including phenoxy) is 3. The molecule has 1 aliphatic carbocycles. The van der Waals surface area contributed by atoms with Crippen molar-refractivity contribution in [3.8, 4) is 22.3 Å². The second-order valence-corrected chi connectivity index (χ2v) is 23.6. The highest BCUT2D eigenvalue weighted by Gasteiger charge is 2.64. The summed E-state index contributed by atoms with van der Waals surface area (Å²) in [6.07, 6.45) is 3.13. The Labute approximate surface area is 450 Å².